The third kappa shape index (κ3) is 3.04. The summed E-state index contributed by atoms with van der Waals surface area (Å²) in [7, 11) is 1.73. The van der Waals surface area contributed by atoms with Gasteiger partial charge in [-0.2, -0.15) is 0 Å². The maximum absolute atomic E-state index is 4.99. The molecular weight excluding hydrogens is 174 g/mol. The highest BCUT2D eigenvalue weighted by Crippen LogP contribution is 2.17. The summed E-state index contributed by atoms with van der Waals surface area (Å²) < 4.78 is 4.99. The van der Waals surface area contributed by atoms with Crippen LogP contribution in [0.15, 0.2) is 18.2 Å². The van der Waals surface area contributed by atoms with Crippen LogP contribution >= 0.6 is 0 Å². The zero-order valence-electron chi connectivity index (χ0n) is 9.26. The van der Waals surface area contributed by atoms with Gasteiger partial charge in [-0.25, -0.2) is 0 Å². The molecule has 2 heteroatoms. The van der Waals surface area contributed by atoms with Gasteiger partial charge in [0.25, 0.3) is 0 Å². The smallest absolute Gasteiger partial charge is 0.0479 e. The molecule has 0 saturated carbocycles. The summed E-state index contributed by atoms with van der Waals surface area (Å²) >= 11 is 0. The number of benzene rings is 1. The second kappa shape index (κ2) is 5.66. The van der Waals surface area contributed by atoms with Crippen molar-refractivity contribution in [3.05, 3.63) is 29.3 Å². The van der Waals surface area contributed by atoms with E-state index >= 15 is 0 Å². The summed E-state index contributed by atoms with van der Waals surface area (Å²) in [5, 5.41) is 3.41. The highest BCUT2D eigenvalue weighted by Gasteiger charge is 1.98. The van der Waals surface area contributed by atoms with Crippen molar-refractivity contribution in [3.63, 3.8) is 0 Å². The summed E-state index contributed by atoms with van der Waals surface area (Å²) in [6, 6.07) is 6.34. The second-order valence-corrected chi connectivity index (χ2v) is 3.52. The van der Waals surface area contributed by atoms with Gasteiger partial charge in [0, 0.05) is 25.9 Å². The predicted octanol–water partition coefficient (Wildman–Crippen LogP) is 2.75. The molecule has 0 aromatic heterocycles. The number of hydrogen-bond donors (Lipinski definition) is 1. The lowest BCUT2D eigenvalue weighted by molar-refractivity contribution is 0.198. The van der Waals surface area contributed by atoms with Crippen molar-refractivity contribution in [2.24, 2.45) is 0 Å². The number of hydrogen-bond acceptors (Lipinski definition) is 2. The zero-order valence-corrected chi connectivity index (χ0v) is 9.26. The lowest BCUT2D eigenvalue weighted by Gasteiger charge is -2.10. The molecule has 1 rings (SSSR count). The molecule has 2 nitrogen and oxygen atoms in total. The Morgan fingerprint density at radius 2 is 2.07 bits per heavy atom. The van der Waals surface area contributed by atoms with Gasteiger partial charge >= 0.3 is 0 Å². The van der Waals surface area contributed by atoms with Crippen molar-refractivity contribution in [2.45, 2.75) is 20.3 Å². The van der Waals surface area contributed by atoms with Gasteiger partial charge in [0.15, 0.2) is 0 Å². The molecule has 0 spiro atoms. The SMILES string of the molecule is COCCCNc1cccc(C)c1C. The molecule has 0 atom stereocenters. The first kappa shape index (κ1) is 11.1. The van der Waals surface area contributed by atoms with E-state index in [4.69, 9.17) is 4.74 Å². The van der Waals surface area contributed by atoms with Gasteiger partial charge in [0.1, 0.15) is 0 Å². The van der Waals surface area contributed by atoms with Gasteiger partial charge in [0.05, 0.1) is 0 Å². The van der Waals surface area contributed by atoms with Crippen molar-refractivity contribution < 1.29 is 4.74 Å². The van der Waals surface area contributed by atoms with Crippen molar-refractivity contribution in [1.29, 1.82) is 0 Å². The highest BCUT2D eigenvalue weighted by atomic mass is 16.5. The van der Waals surface area contributed by atoms with Crippen LogP contribution in [0.2, 0.25) is 0 Å². The van der Waals surface area contributed by atoms with Gasteiger partial charge < -0.3 is 10.1 Å². The van der Waals surface area contributed by atoms with Crippen LogP contribution in [0.1, 0.15) is 17.5 Å². The molecule has 1 aromatic carbocycles. The minimum absolute atomic E-state index is 0.817. The van der Waals surface area contributed by atoms with Crippen LogP contribution in [-0.2, 0) is 4.74 Å². The number of methoxy groups -OCH3 is 1. The van der Waals surface area contributed by atoms with E-state index in [-0.39, 0.29) is 0 Å². The summed E-state index contributed by atoms with van der Waals surface area (Å²) in [5.41, 5.74) is 3.91. The average Bonchev–Trinajstić information content (AvgIpc) is 2.19. The van der Waals surface area contributed by atoms with Gasteiger partial charge in [-0.1, -0.05) is 12.1 Å². The zero-order chi connectivity index (χ0) is 10.4. The fourth-order valence-corrected chi connectivity index (χ4v) is 1.38. The quantitative estimate of drug-likeness (QED) is 0.726. The Balaban J connectivity index is 2.46. The molecule has 0 radical (unpaired) electrons. The minimum Gasteiger partial charge on any atom is -0.385 e. The van der Waals surface area contributed by atoms with Crippen LogP contribution in [0.3, 0.4) is 0 Å². The average molecular weight is 193 g/mol. The summed E-state index contributed by atoms with van der Waals surface area (Å²) in [5.74, 6) is 0. The number of ether oxygens (including phenoxy) is 1. The van der Waals surface area contributed by atoms with Crippen LogP contribution in [0.4, 0.5) is 5.69 Å². The maximum Gasteiger partial charge on any atom is 0.0479 e. The van der Waals surface area contributed by atoms with Gasteiger partial charge in [-0.3, -0.25) is 0 Å². The first-order valence-electron chi connectivity index (χ1n) is 5.04. The first-order valence-corrected chi connectivity index (χ1v) is 5.04. The molecule has 0 amide bonds. The molecule has 1 N–H and O–H groups in total. The van der Waals surface area contributed by atoms with E-state index in [0.717, 1.165) is 19.6 Å². The molecule has 0 bridgehead atoms. The van der Waals surface area contributed by atoms with Crippen LogP contribution in [0, 0.1) is 13.8 Å². The van der Waals surface area contributed by atoms with Crippen LogP contribution in [0.5, 0.6) is 0 Å². The molecule has 0 aliphatic rings. The lowest BCUT2D eigenvalue weighted by atomic mass is 10.1. The predicted molar refractivity (Wildman–Crippen MR) is 60.9 cm³/mol. The fraction of sp³-hybridized carbons (Fsp3) is 0.500. The minimum atomic E-state index is 0.817. The molecule has 0 aliphatic heterocycles. The van der Waals surface area contributed by atoms with E-state index in [1.807, 2.05) is 0 Å². The van der Waals surface area contributed by atoms with Gasteiger partial charge in [-0.05, 0) is 37.5 Å². The summed E-state index contributed by atoms with van der Waals surface area (Å²) in [4.78, 5) is 0. The highest BCUT2D eigenvalue weighted by molar-refractivity contribution is 5.53. The third-order valence-corrected chi connectivity index (χ3v) is 2.45. The molecule has 0 aliphatic carbocycles. The van der Waals surface area contributed by atoms with Crippen molar-refractivity contribution >= 4 is 5.69 Å². The Hall–Kier alpha value is -1.02. The Morgan fingerprint density at radius 1 is 1.29 bits per heavy atom. The van der Waals surface area contributed by atoms with E-state index in [2.05, 4.69) is 37.4 Å². The van der Waals surface area contributed by atoms with Crippen LogP contribution in [-0.4, -0.2) is 20.3 Å². The molecule has 1 aromatic rings. The lowest BCUT2D eigenvalue weighted by Crippen LogP contribution is -2.06. The van der Waals surface area contributed by atoms with Crippen molar-refractivity contribution in [2.75, 3.05) is 25.6 Å². The van der Waals surface area contributed by atoms with E-state index in [0.29, 0.717) is 0 Å². The molecule has 0 saturated heterocycles. The van der Waals surface area contributed by atoms with Crippen molar-refractivity contribution in [1.82, 2.24) is 0 Å². The molecular formula is C12H19NO. The van der Waals surface area contributed by atoms with Crippen molar-refractivity contribution in [3.8, 4) is 0 Å². The third-order valence-electron chi connectivity index (χ3n) is 2.45. The Labute approximate surface area is 86.3 Å². The number of rotatable bonds is 5. The van der Waals surface area contributed by atoms with Crippen LogP contribution in [0.25, 0.3) is 0 Å². The summed E-state index contributed by atoms with van der Waals surface area (Å²) in [6.07, 6.45) is 1.05. The van der Waals surface area contributed by atoms with Gasteiger partial charge in [-0.15, -0.1) is 0 Å². The number of aryl methyl sites for hydroxylation is 1. The number of nitrogens with one attached hydrogen (secondary N) is 1. The molecule has 0 unspecified atom stereocenters. The Morgan fingerprint density at radius 3 is 2.79 bits per heavy atom. The van der Waals surface area contributed by atoms with Crippen LogP contribution < -0.4 is 5.32 Å². The second-order valence-electron chi connectivity index (χ2n) is 3.52. The van der Waals surface area contributed by atoms with E-state index in [9.17, 15) is 0 Å². The Bertz CT molecular complexity index is 284. The Kier molecular flexibility index (Phi) is 4.47. The summed E-state index contributed by atoms with van der Waals surface area (Å²) in [6.45, 7) is 6.07. The fourth-order valence-electron chi connectivity index (χ4n) is 1.38. The topological polar surface area (TPSA) is 21.3 Å². The van der Waals surface area contributed by atoms with Gasteiger partial charge in [0.2, 0.25) is 0 Å². The molecule has 14 heavy (non-hydrogen) atoms. The molecule has 78 valence electrons. The monoisotopic (exact) mass is 193 g/mol. The normalized spacial score (nSPS) is 10.2. The van der Waals surface area contributed by atoms with E-state index in [1.165, 1.54) is 16.8 Å². The first-order chi connectivity index (χ1) is 6.75. The molecule has 0 heterocycles. The largest absolute Gasteiger partial charge is 0.385 e. The van der Waals surface area contributed by atoms with E-state index < -0.39 is 0 Å². The standard InChI is InChI=1S/C12H19NO/c1-10-6-4-7-12(11(10)2)13-8-5-9-14-3/h4,6-7,13H,5,8-9H2,1-3H3. The molecule has 0 fully saturated rings. The number of anilines is 1. The maximum atomic E-state index is 4.99. The van der Waals surface area contributed by atoms with E-state index in [1.54, 1.807) is 7.11 Å².